The number of hydrogen-bond acceptors (Lipinski definition) is 5. The van der Waals surface area contributed by atoms with Gasteiger partial charge >= 0.3 is 6.09 Å². The van der Waals surface area contributed by atoms with E-state index in [1.54, 1.807) is 20.8 Å². The minimum absolute atomic E-state index is 0. The van der Waals surface area contributed by atoms with Crippen LogP contribution in [-0.2, 0) is 19.0 Å². The van der Waals surface area contributed by atoms with E-state index in [2.05, 4.69) is 28.6 Å². The molecule has 0 aliphatic carbocycles. The number of carbonyl (C=O) groups is 1. The van der Waals surface area contributed by atoms with E-state index in [0.717, 1.165) is 6.26 Å². The van der Waals surface area contributed by atoms with Crippen LogP contribution in [0.1, 0.15) is 27.8 Å². The highest BCUT2D eigenvalue weighted by Gasteiger charge is 2.15. The molecule has 22 heavy (non-hydrogen) atoms. The van der Waals surface area contributed by atoms with Gasteiger partial charge in [-0.05, 0) is 27.7 Å². The Bertz CT molecular complexity index is 541. The molecule has 0 atom stereocenters. The molecule has 1 aromatic rings. The van der Waals surface area contributed by atoms with E-state index in [1.165, 1.54) is 5.56 Å². The van der Waals surface area contributed by atoms with Crippen LogP contribution in [-0.4, -0.2) is 39.5 Å². The second kappa shape index (κ2) is 9.42. The number of hydrogen-bond donors (Lipinski definition) is 1. The topological polar surface area (TPSA) is 81.7 Å². The van der Waals surface area contributed by atoms with Crippen molar-refractivity contribution in [3.8, 4) is 0 Å². The van der Waals surface area contributed by atoms with Crippen molar-refractivity contribution in [3.05, 3.63) is 35.9 Å². The third-order valence-electron chi connectivity index (χ3n) is 2.01. The number of ether oxygens (including phenoxy) is 1. The normalized spacial score (nSPS) is 11.1. The summed E-state index contributed by atoms with van der Waals surface area (Å²) in [6, 6.07) is 10.3. The van der Waals surface area contributed by atoms with Crippen LogP contribution in [0.4, 0.5) is 4.79 Å². The number of nitrogens with one attached hydrogen (secondary N) is 1. The monoisotopic (exact) mass is 333 g/mol. The van der Waals surface area contributed by atoms with Crippen LogP contribution in [0.15, 0.2) is 30.3 Å². The van der Waals surface area contributed by atoms with Gasteiger partial charge in [-0.25, -0.2) is 4.79 Å². The van der Waals surface area contributed by atoms with Gasteiger partial charge in [0.25, 0.3) is 10.1 Å². The number of amides is 1. The molecule has 0 aliphatic heterocycles. The van der Waals surface area contributed by atoms with Gasteiger partial charge in [0.05, 0.1) is 12.9 Å². The number of carbonyl (C=O) groups excluding carboxylic acids is 1. The summed E-state index contributed by atoms with van der Waals surface area (Å²) in [5, 5.41) is 2.36. The molecule has 0 radical (unpaired) electrons. The molecule has 6 nitrogen and oxygen atoms in total. The zero-order valence-electron chi connectivity index (χ0n) is 13.8. The van der Waals surface area contributed by atoms with E-state index in [4.69, 9.17) is 4.74 Å². The van der Waals surface area contributed by atoms with Crippen molar-refractivity contribution in [2.75, 3.05) is 19.4 Å². The first-order valence-electron chi connectivity index (χ1n) is 6.82. The van der Waals surface area contributed by atoms with Crippen LogP contribution < -0.4 is 5.32 Å². The minimum Gasteiger partial charge on any atom is -0.444 e. The van der Waals surface area contributed by atoms with Crippen molar-refractivity contribution in [3.63, 3.8) is 0 Å². The van der Waals surface area contributed by atoms with Gasteiger partial charge in [0, 0.05) is 7.97 Å². The molecule has 0 saturated heterocycles. The molecule has 0 heterocycles. The maximum Gasteiger partial charge on any atom is 0.407 e. The van der Waals surface area contributed by atoms with Crippen LogP contribution in [0.5, 0.6) is 0 Å². The molecule has 128 valence electrons. The van der Waals surface area contributed by atoms with Crippen LogP contribution in [0.3, 0.4) is 0 Å². The number of rotatable bonds is 4. The Kier molecular flexibility index (Phi) is 8.74. The summed E-state index contributed by atoms with van der Waals surface area (Å²) in [4.78, 5) is 11.0. The lowest BCUT2D eigenvalue weighted by Gasteiger charge is -2.19. The number of alkyl carbamates (subject to hydrolysis) is 1. The maximum atomic E-state index is 11.0. The smallest absolute Gasteiger partial charge is 0.407 e. The van der Waals surface area contributed by atoms with Crippen molar-refractivity contribution in [1.82, 2.24) is 5.32 Å². The average molecular weight is 333 g/mol. The summed E-state index contributed by atoms with van der Waals surface area (Å²) in [6.07, 6.45) is 0.347. The zero-order valence-corrected chi connectivity index (χ0v) is 14.6. The van der Waals surface area contributed by atoms with Gasteiger partial charge in [-0.2, -0.15) is 8.42 Å². The summed E-state index contributed by atoms with van der Waals surface area (Å²) in [6.45, 7) is 7.28. The van der Waals surface area contributed by atoms with E-state index < -0.39 is 21.8 Å². The molecular weight excluding hydrogens is 306 g/mol. The number of aryl methyl sites for hydroxylation is 1. The van der Waals surface area contributed by atoms with Crippen molar-refractivity contribution in [2.24, 2.45) is 0 Å². The van der Waals surface area contributed by atoms with Crippen LogP contribution in [0, 0.1) is 6.92 Å². The standard InChI is InChI=1S/C8H17NO5S.C7H8.H2/c1-8(2,3)14-7(10)9-5-6-13-15(4,11)12;1-7-5-3-2-4-6-7;/h5-6H2,1-4H3,(H,9,10);2-6H,1H3;1H. The van der Waals surface area contributed by atoms with Crippen LogP contribution in [0.2, 0.25) is 0 Å². The Labute approximate surface area is 134 Å². The maximum absolute atomic E-state index is 11.0. The molecule has 0 unspecified atom stereocenters. The summed E-state index contributed by atoms with van der Waals surface area (Å²) < 4.78 is 30.4. The predicted octanol–water partition coefficient (Wildman–Crippen LogP) is 2.73. The molecule has 1 N–H and O–H groups in total. The van der Waals surface area contributed by atoms with Gasteiger partial charge < -0.3 is 10.1 Å². The first-order valence-corrected chi connectivity index (χ1v) is 8.64. The molecule has 1 aromatic carbocycles. The Morgan fingerprint density at radius 2 is 1.77 bits per heavy atom. The van der Waals surface area contributed by atoms with E-state index in [-0.39, 0.29) is 14.6 Å². The molecule has 0 aromatic heterocycles. The fourth-order valence-electron chi connectivity index (χ4n) is 1.19. The average Bonchev–Trinajstić information content (AvgIpc) is 2.33. The quantitative estimate of drug-likeness (QED) is 0.677. The largest absolute Gasteiger partial charge is 0.444 e. The highest BCUT2D eigenvalue weighted by molar-refractivity contribution is 7.85. The molecule has 0 bridgehead atoms. The fraction of sp³-hybridized carbons (Fsp3) is 0.533. The van der Waals surface area contributed by atoms with E-state index >= 15 is 0 Å². The molecule has 0 saturated carbocycles. The summed E-state index contributed by atoms with van der Waals surface area (Å²) in [7, 11) is -3.45. The SMILES string of the molecule is CC(C)(C)OC(=O)NCCOS(C)(=O)=O.Cc1ccccc1.[HH]. The summed E-state index contributed by atoms with van der Waals surface area (Å²) in [5.41, 5.74) is 0.754. The lowest BCUT2D eigenvalue weighted by molar-refractivity contribution is 0.0520. The van der Waals surface area contributed by atoms with Crippen molar-refractivity contribution >= 4 is 16.2 Å². The molecule has 0 aliphatic rings. The molecule has 1 amide bonds. The number of benzene rings is 1. The molecule has 7 heteroatoms. The molecule has 0 spiro atoms. The third kappa shape index (κ3) is 14.8. The van der Waals surface area contributed by atoms with Gasteiger partial charge in [-0.1, -0.05) is 35.9 Å². The van der Waals surface area contributed by atoms with E-state index in [0.29, 0.717) is 0 Å². The lowest BCUT2D eigenvalue weighted by atomic mass is 10.2. The predicted molar refractivity (Wildman–Crippen MR) is 88.3 cm³/mol. The van der Waals surface area contributed by atoms with E-state index in [9.17, 15) is 13.2 Å². The van der Waals surface area contributed by atoms with Gasteiger partial charge in [0.2, 0.25) is 0 Å². The van der Waals surface area contributed by atoms with Crippen molar-refractivity contribution < 1.29 is 23.6 Å². The van der Waals surface area contributed by atoms with Crippen molar-refractivity contribution in [1.29, 1.82) is 0 Å². The summed E-state index contributed by atoms with van der Waals surface area (Å²) >= 11 is 0. The van der Waals surface area contributed by atoms with Gasteiger partial charge in [-0.15, -0.1) is 0 Å². The molecule has 1 rings (SSSR count). The van der Waals surface area contributed by atoms with E-state index in [1.807, 2.05) is 18.2 Å². The Morgan fingerprint density at radius 1 is 1.23 bits per heavy atom. The first-order chi connectivity index (χ1) is 9.99. The summed E-state index contributed by atoms with van der Waals surface area (Å²) in [5.74, 6) is 0. The Balaban J connectivity index is 0. The highest BCUT2D eigenvalue weighted by atomic mass is 32.2. The first kappa shape index (κ1) is 20.4. The van der Waals surface area contributed by atoms with Crippen LogP contribution >= 0.6 is 0 Å². The van der Waals surface area contributed by atoms with Gasteiger partial charge in [-0.3, -0.25) is 4.18 Å². The van der Waals surface area contributed by atoms with Gasteiger partial charge in [0.1, 0.15) is 5.60 Å². The third-order valence-corrected chi connectivity index (χ3v) is 2.60. The Hall–Kier alpha value is -1.60. The zero-order chi connectivity index (χ0) is 17.2. The fourth-order valence-corrected chi connectivity index (χ4v) is 1.58. The second-order valence-corrected chi connectivity index (χ2v) is 7.25. The van der Waals surface area contributed by atoms with Crippen molar-refractivity contribution in [2.45, 2.75) is 33.3 Å². The Morgan fingerprint density at radius 3 is 2.14 bits per heavy atom. The highest BCUT2D eigenvalue weighted by Crippen LogP contribution is 2.06. The lowest BCUT2D eigenvalue weighted by Crippen LogP contribution is -2.34. The molecule has 0 fully saturated rings. The minimum atomic E-state index is -3.45. The second-order valence-electron chi connectivity index (χ2n) is 5.61. The molecular formula is C15H27NO5S. The van der Waals surface area contributed by atoms with Gasteiger partial charge in [0.15, 0.2) is 0 Å². The van der Waals surface area contributed by atoms with Crippen LogP contribution in [0.25, 0.3) is 0 Å².